The molecule has 0 saturated carbocycles. The van der Waals surface area contributed by atoms with Crippen molar-refractivity contribution in [3.63, 3.8) is 0 Å². The van der Waals surface area contributed by atoms with E-state index in [4.69, 9.17) is 0 Å². The molecule has 1 aliphatic heterocycles. The molecule has 2 N–H and O–H groups in total. The zero-order valence-corrected chi connectivity index (χ0v) is 11.0. The molecule has 2 heterocycles. The van der Waals surface area contributed by atoms with Crippen molar-refractivity contribution in [2.75, 3.05) is 11.9 Å². The minimum atomic E-state index is -0.767. The van der Waals surface area contributed by atoms with Crippen molar-refractivity contribution < 1.29 is 9.90 Å². The van der Waals surface area contributed by atoms with Crippen molar-refractivity contribution in [3.8, 4) is 0 Å². The highest BCUT2D eigenvalue weighted by molar-refractivity contribution is 5.69. The molecule has 2 atom stereocenters. The number of fused-ring (bicyclic) bond motifs is 1. The second kappa shape index (κ2) is 5.33. The predicted octanol–water partition coefficient (Wildman–Crippen LogP) is 2.85. The summed E-state index contributed by atoms with van der Waals surface area (Å²) >= 11 is 0. The van der Waals surface area contributed by atoms with E-state index in [0.29, 0.717) is 0 Å². The molecular formula is C16H16N2O2. The Morgan fingerprint density at radius 2 is 2.15 bits per heavy atom. The second-order valence-electron chi connectivity index (χ2n) is 5.07. The summed E-state index contributed by atoms with van der Waals surface area (Å²) in [5.74, 6) is -0.653. The molecule has 102 valence electrons. The summed E-state index contributed by atoms with van der Waals surface area (Å²) < 4.78 is 0. The summed E-state index contributed by atoms with van der Waals surface area (Å²) in [5.41, 5.74) is 3.25. The monoisotopic (exact) mass is 268 g/mol. The van der Waals surface area contributed by atoms with Gasteiger partial charge in [-0.1, -0.05) is 30.3 Å². The Morgan fingerprint density at radius 3 is 2.90 bits per heavy atom. The van der Waals surface area contributed by atoms with Gasteiger partial charge in [-0.05, 0) is 17.2 Å². The van der Waals surface area contributed by atoms with Gasteiger partial charge in [0.15, 0.2) is 0 Å². The van der Waals surface area contributed by atoms with Crippen LogP contribution in [0, 0.1) is 0 Å². The highest BCUT2D eigenvalue weighted by Gasteiger charge is 2.32. The summed E-state index contributed by atoms with van der Waals surface area (Å²) in [4.78, 5) is 15.4. The quantitative estimate of drug-likeness (QED) is 0.895. The minimum absolute atomic E-state index is 0.0355. The molecule has 3 rings (SSSR count). The van der Waals surface area contributed by atoms with Crippen LogP contribution in [0.4, 0.5) is 5.69 Å². The van der Waals surface area contributed by atoms with Crippen LogP contribution in [0.3, 0.4) is 0 Å². The highest BCUT2D eigenvalue weighted by atomic mass is 16.4. The van der Waals surface area contributed by atoms with E-state index in [-0.39, 0.29) is 18.3 Å². The SMILES string of the molecule is O=C(O)CC(c1ccccc1)C1CNc2ccncc21. The number of hydrogen-bond acceptors (Lipinski definition) is 3. The lowest BCUT2D eigenvalue weighted by Crippen LogP contribution is -2.17. The molecule has 0 amide bonds. The Labute approximate surface area is 117 Å². The minimum Gasteiger partial charge on any atom is -0.481 e. The summed E-state index contributed by atoms with van der Waals surface area (Å²) in [6.07, 6.45) is 3.73. The fourth-order valence-corrected chi connectivity index (χ4v) is 2.93. The number of anilines is 1. The van der Waals surface area contributed by atoms with Crippen molar-refractivity contribution in [1.29, 1.82) is 0 Å². The Hall–Kier alpha value is -2.36. The third-order valence-corrected chi connectivity index (χ3v) is 3.87. The first kappa shape index (κ1) is 12.7. The Balaban J connectivity index is 1.97. The van der Waals surface area contributed by atoms with Gasteiger partial charge in [0.05, 0.1) is 6.42 Å². The molecule has 4 nitrogen and oxygen atoms in total. The lowest BCUT2D eigenvalue weighted by atomic mass is 9.81. The van der Waals surface area contributed by atoms with Gasteiger partial charge < -0.3 is 10.4 Å². The van der Waals surface area contributed by atoms with Crippen molar-refractivity contribution >= 4 is 11.7 Å². The Bertz CT molecular complexity index is 613. The number of benzene rings is 1. The lowest BCUT2D eigenvalue weighted by Gasteiger charge is -2.22. The number of hydrogen-bond donors (Lipinski definition) is 2. The van der Waals surface area contributed by atoms with E-state index in [1.165, 1.54) is 0 Å². The summed E-state index contributed by atoms with van der Waals surface area (Å²) in [7, 11) is 0. The van der Waals surface area contributed by atoms with E-state index < -0.39 is 5.97 Å². The molecule has 4 heteroatoms. The normalized spacial score (nSPS) is 18.1. The number of aliphatic carboxylic acids is 1. The molecule has 0 radical (unpaired) electrons. The summed E-state index contributed by atoms with van der Waals surface area (Å²) in [6, 6.07) is 11.8. The fourth-order valence-electron chi connectivity index (χ4n) is 2.93. The van der Waals surface area contributed by atoms with Crippen LogP contribution in [0.1, 0.15) is 29.4 Å². The Kier molecular flexibility index (Phi) is 3.37. The molecule has 0 bridgehead atoms. The van der Waals surface area contributed by atoms with E-state index in [2.05, 4.69) is 10.3 Å². The zero-order valence-electron chi connectivity index (χ0n) is 11.0. The third kappa shape index (κ3) is 2.37. The van der Waals surface area contributed by atoms with Crippen molar-refractivity contribution in [2.24, 2.45) is 0 Å². The van der Waals surface area contributed by atoms with Gasteiger partial charge in [-0.3, -0.25) is 9.78 Å². The molecule has 0 aliphatic carbocycles. The number of carboxylic acid groups (broad SMARTS) is 1. The van der Waals surface area contributed by atoms with Gasteiger partial charge in [0.25, 0.3) is 0 Å². The molecule has 2 aromatic rings. The number of aromatic nitrogens is 1. The van der Waals surface area contributed by atoms with Crippen LogP contribution >= 0.6 is 0 Å². The molecule has 2 unspecified atom stereocenters. The van der Waals surface area contributed by atoms with Crippen molar-refractivity contribution in [1.82, 2.24) is 4.98 Å². The van der Waals surface area contributed by atoms with Crippen LogP contribution < -0.4 is 5.32 Å². The predicted molar refractivity (Wildman–Crippen MR) is 76.9 cm³/mol. The maximum Gasteiger partial charge on any atom is 0.303 e. The molecular weight excluding hydrogens is 252 g/mol. The second-order valence-corrected chi connectivity index (χ2v) is 5.07. The molecule has 0 spiro atoms. The lowest BCUT2D eigenvalue weighted by molar-refractivity contribution is -0.137. The van der Waals surface area contributed by atoms with Crippen LogP contribution in [0.5, 0.6) is 0 Å². The highest BCUT2D eigenvalue weighted by Crippen LogP contribution is 2.42. The molecule has 0 saturated heterocycles. The van der Waals surface area contributed by atoms with Crippen LogP contribution in [-0.2, 0) is 4.79 Å². The summed E-state index contributed by atoms with van der Waals surface area (Å²) in [6.45, 7) is 0.758. The number of carboxylic acids is 1. The van der Waals surface area contributed by atoms with E-state index in [1.807, 2.05) is 42.6 Å². The first-order valence-corrected chi connectivity index (χ1v) is 6.70. The van der Waals surface area contributed by atoms with E-state index >= 15 is 0 Å². The maximum absolute atomic E-state index is 11.2. The Morgan fingerprint density at radius 1 is 1.35 bits per heavy atom. The molecule has 20 heavy (non-hydrogen) atoms. The number of rotatable bonds is 4. The number of nitrogens with one attached hydrogen (secondary N) is 1. The van der Waals surface area contributed by atoms with Crippen LogP contribution in [-0.4, -0.2) is 22.6 Å². The van der Waals surface area contributed by atoms with E-state index in [9.17, 15) is 9.90 Å². The van der Waals surface area contributed by atoms with Gasteiger partial charge in [-0.25, -0.2) is 0 Å². The average Bonchev–Trinajstić information content (AvgIpc) is 2.89. The van der Waals surface area contributed by atoms with Gasteiger partial charge in [-0.2, -0.15) is 0 Å². The van der Waals surface area contributed by atoms with Gasteiger partial charge in [0.2, 0.25) is 0 Å². The van der Waals surface area contributed by atoms with Crippen LogP contribution in [0.2, 0.25) is 0 Å². The third-order valence-electron chi connectivity index (χ3n) is 3.87. The first-order valence-electron chi connectivity index (χ1n) is 6.70. The van der Waals surface area contributed by atoms with Gasteiger partial charge in [0.1, 0.15) is 0 Å². The zero-order chi connectivity index (χ0) is 13.9. The number of carbonyl (C=O) groups is 1. The summed E-state index contributed by atoms with van der Waals surface area (Å²) in [5, 5.41) is 12.6. The molecule has 1 aromatic carbocycles. The smallest absolute Gasteiger partial charge is 0.303 e. The first-order chi connectivity index (χ1) is 9.75. The molecule has 1 aromatic heterocycles. The van der Waals surface area contributed by atoms with Crippen LogP contribution in [0.15, 0.2) is 48.8 Å². The largest absolute Gasteiger partial charge is 0.481 e. The molecule has 1 aliphatic rings. The van der Waals surface area contributed by atoms with Crippen molar-refractivity contribution in [3.05, 3.63) is 59.9 Å². The van der Waals surface area contributed by atoms with Crippen molar-refractivity contribution in [2.45, 2.75) is 18.3 Å². The van der Waals surface area contributed by atoms with E-state index in [0.717, 1.165) is 23.4 Å². The van der Waals surface area contributed by atoms with Crippen LogP contribution in [0.25, 0.3) is 0 Å². The standard InChI is InChI=1S/C16H16N2O2/c19-16(20)8-12(11-4-2-1-3-5-11)13-10-18-15-6-7-17-9-14(13)15/h1-7,9,12-13,18H,8,10H2,(H,19,20). The number of pyridine rings is 1. The molecule has 0 fully saturated rings. The van der Waals surface area contributed by atoms with Gasteiger partial charge in [-0.15, -0.1) is 0 Å². The van der Waals surface area contributed by atoms with E-state index in [1.54, 1.807) is 6.20 Å². The fraction of sp³-hybridized carbons (Fsp3) is 0.250. The maximum atomic E-state index is 11.2. The topological polar surface area (TPSA) is 62.2 Å². The number of nitrogens with zero attached hydrogens (tertiary/aromatic N) is 1. The van der Waals surface area contributed by atoms with Gasteiger partial charge in [0, 0.05) is 36.5 Å². The van der Waals surface area contributed by atoms with Gasteiger partial charge >= 0.3 is 5.97 Å². The average molecular weight is 268 g/mol.